The van der Waals surface area contributed by atoms with E-state index < -0.39 is 0 Å². The molecule has 0 aliphatic heterocycles. The molecule has 0 aromatic rings. The summed E-state index contributed by atoms with van der Waals surface area (Å²) in [7, 11) is 0. The van der Waals surface area contributed by atoms with Crippen molar-refractivity contribution in [3.63, 3.8) is 0 Å². The molecule has 0 radical (unpaired) electrons. The van der Waals surface area contributed by atoms with E-state index in [4.69, 9.17) is 0 Å². The van der Waals surface area contributed by atoms with Crippen molar-refractivity contribution in [3.05, 3.63) is 0 Å². The maximum absolute atomic E-state index is 3.77. The van der Waals surface area contributed by atoms with Crippen molar-refractivity contribution in [3.8, 4) is 0 Å². The van der Waals surface area contributed by atoms with Crippen LogP contribution >= 0.6 is 0 Å². The van der Waals surface area contributed by atoms with Crippen LogP contribution in [-0.2, 0) is 0 Å². The Morgan fingerprint density at radius 1 is 1.31 bits per heavy atom. The predicted octanol–water partition coefficient (Wildman–Crippen LogP) is 3.34. The summed E-state index contributed by atoms with van der Waals surface area (Å²) in [5.41, 5.74) is 0.587. The van der Waals surface area contributed by atoms with Gasteiger partial charge in [-0.25, -0.2) is 0 Å². The lowest BCUT2D eigenvalue weighted by Gasteiger charge is -2.22. The minimum absolute atomic E-state index is 0.587. The summed E-state index contributed by atoms with van der Waals surface area (Å²) in [5, 5.41) is 3.77. The van der Waals surface area contributed by atoms with Crippen LogP contribution in [0.4, 0.5) is 0 Å². The molecule has 1 aliphatic carbocycles. The average Bonchev–Trinajstić information content (AvgIpc) is 2.41. The Hall–Kier alpha value is -0.0400. The lowest BCUT2D eigenvalue weighted by molar-refractivity contribution is 0.346. The first-order chi connectivity index (χ1) is 6.07. The SMILES string of the molecule is CCC(CC)NC1CCC(C)(C)C1. The Balaban J connectivity index is 2.31. The number of hydrogen-bond acceptors (Lipinski definition) is 1. The van der Waals surface area contributed by atoms with Gasteiger partial charge in [-0.2, -0.15) is 0 Å². The Kier molecular flexibility index (Phi) is 3.78. The molecule has 0 aromatic heterocycles. The second kappa shape index (κ2) is 4.45. The van der Waals surface area contributed by atoms with Gasteiger partial charge in [-0.15, -0.1) is 0 Å². The monoisotopic (exact) mass is 183 g/mol. The molecule has 0 amide bonds. The molecule has 0 saturated heterocycles. The summed E-state index contributed by atoms with van der Waals surface area (Å²) in [4.78, 5) is 0. The molecule has 1 N–H and O–H groups in total. The van der Waals surface area contributed by atoms with Crippen molar-refractivity contribution >= 4 is 0 Å². The lowest BCUT2D eigenvalue weighted by Crippen LogP contribution is -2.36. The zero-order valence-electron chi connectivity index (χ0n) is 9.69. The highest BCUT2D eigenvalue weighted by Gasteiger charge is 2.31. The van der Waals surface area contributed by atoms with Crippen LogP contribution in [0.1, 0.15) is 59.8 Å². The molecule has 78 valence electrons. The van der Waals surface area contributed by atoms with Gasteiger partial charge in [0.15, 0.2) is 0 Å². The van der Waals surface area contributed by atoms with Crippen LogP contribution in [0.15, 0.2) is 0 Å². The van der Waals surface area contributed by atoms with Crippen LogP contribution < -0.4 is 5.32 Å². The van der Waals surface area contributed by atoms with Gasteiger partial charge in [-0.1, -0.05) is 27.7 Å². The molecule has 1 saturated carbocycles. The normalized spacial score (nSPS) is 27.0. The second-order valence-electron chi connectivity index (χ2n) is 5.28. The predicted molar refractivity (Wildman–Crippen MR) is 58.9 cm³/mol. The third-order valence-corrected chi connectivity index (χ3v) is 3.43. The van der Waals surface area contributed by atoms with Gasteiger partial charge in [-0.3, -0.25) is 0 Å². The third kappa shape index (κ3) is 3.30. The van der Waals surface area contributed by atoms with Crippen LogP contribution in [0, 0.1) is 5.41 Å². The standard InChI is InChI=1S/C12H25N/c1-5-10(6-2)13-11-7-8-12(3,4)9-11/h10-11,13H,5-9H2,1-4H3. The highest BCUT2D eigenvalue weighted by Crippen LogP contribution is 2.37. The summed E-state index contributed by atoms with van der Waals surface area (Å²) in [6.07, 6.45) is 6.68. The van der Waals surface area contributed by atoms with Crippen molar-refractivity contribution in [2.75, 3.05) is 0 Å². The van der Waals surface area contributed by atoms with Crippen molar-refractivity contribution in [2.45, 2.75) is 71.9 Å². The zero-order chi connectivity index (χ0) is 9.90. The van der Waals surface area contributed by atoms with Crippen molar-refractivity contribution in [1.29, 1.82) is 0 Å². The van der Waals surface area contributed by atoms with E-state index in [0.29, 0.717) is 5.41 Å². The molecule has 13 heavy (non-hydrogen) atoms. The first kappa shape index (κ1) is 11.0. The molecule has 1 atom stereocenters. The summed E-state index contributed by atoms with van der Waals surface area (Å²) < 4.78 is 0. The molecular weight excluding hydrogens is 158 g/mol. The van der Waals surface area contributed by atoms with Crippen LogP contribution in [0.5, 0.6) is 0 Å². The van der Waals surface area contributed by atoms with E-state index >= 15 is 0 Å². The van der Waals surface area contributed by atoms with Gasteiger partial charge in [0.1, 0.15) is 0 Å². The quantitative estimate of drug-likeness (QED) is 0.705. The van der Waals surface area contributed by atoms with Gasteiger partial charge >= 0.3 is 0 Å². The molecule has 0 spiro atoms. The van der Waals surface area contributed by atoms with E-state index in [1.54, 1.807) is 0 Å². The van der Waals surface area contributed by atoms with Crippen LogP contribution in [0.25, 0.3) is 0 Å². The van der Waals surface area contributed by atoms with E-state index in [9.17, 15) is 0 Å². The van der Waals surface area contributed by atoms with Gasteiger partial charge in [0.05, 0.1) is 0 Å². The molecule has 0 heterocycles. The first-order valence-electron chi connectivity index (χ1n) is 5.83. The van der Waals surface area contributed by atoms with Gasteiger partial charge in [0.25, 0.3) is 0 Å². The lowest BCUT2D eigenvalue weighted by atomic mass is 9.91. The summed E-state index contributed by atoms with van der Waals surface area (Å²) >= 11 is 0. The molecule has 1 fully saturated rings. The van der Waals surface area contributed by atoms with Crippen LogP contribution in [0.3, 0.4) is 0 Å². The van der Waals surface area contributed by atoms with Crippen molar-refractivity contribution in [1.82, 2.24) is 5.32 Å². The average molecular weight is 183 g/mol. The third-order valence-electron chi connectivity index (χ3n) is 3.43. The van der Waals surface area contributed by atoms with Crippen LogP contribution in [-0.4, -0.2) is 12.1 Å². The maximum atomic E-state index is 3.77. The molecule has 1 aliphatic rings. The summed E-state index contributed by atoms with van der Waals surface area (Å²) in [6, 6.07) is 1.54. The molecule has 1 heteroatoms. The second-order valence-corrected chi connectivity index (χ2v) is 5.28. The minimum atomic E-state index is 0.587. The molecule has 1 nitrogen and oxygen atoms in total. The Morgan fingerprint density at radius 2 is 1.92 bits per heavy atom. The van der Waals surface area contributed by atoms with Crippen LogP contribution in [0.2, 0.25) is 0 Å². The van der Waals surface area contributed by atoms with Gasteiger partial charge in [0, 0.05) is 12.1 Å². The number of rotatable bonds is 4. The Labute approximate surface area is 83.3 Å². The smallest absolute Gasteiger partial charge is 0.00749 e. The maximum Gasteiger partial charge on any atom is 0.00749 e. The summed E-state index contributed by atoms with van der Waals surface area (Å²) in [5.74, 6) is 0. The molecule has 0 bridgehead atoms. The summed E-state index contributed by atoms with van der Waals surface area (Å²) in [6.45, 7) is 9.34. The molecule has 1 rings (SSSR count). The fourth-order valence-corrected chi connectivity index (χ4v) is 2.44. The fourth-order valence-electron chi connectivity index (χ4n) is 2.44. The topological polar surface area (TPSA) is 12.0 Å². The van der Waals surface area contributed by atoms with E-state index in [1.165, 1.54) is 32.1 Å². The van der Waals surface area contributed by atoms with E-state index in [-0.39, 0.29) is 0 Å². The van der Waals surface area contributed by atoms with E-state index in [0.717, 1.165) is 12.1 Å². The van der Waals surface area contributed by atoms with Gasteiger partial charge in [0.2, 0.25) is 0 Å². The van der Waals surface area contributed by atoms with Crippen molar-refractivity contribution < 1.29 is 0 Å². The number of nitrogens with one attached hydrogen (secondary N) is 1. The Bertz CT molecular complexity index is 147. The highest BCUT2D eigenvalue weighted by atomic mass is 15.0. The highest BCUT2D eigenvalue weighted by molar-refractivity contribution is 4.87. The Morgan fingerprint density at radius 3 is 2.31 bits per heavy atom. The first-order valence-corrected chi connectivity index (χ1v) is 5.83. The van der Waals surface area contributed by atoms with E-state index in [2.05, 4.69) is 33.0 Å². The molecule has 0 aromatic carbocycles. The van der Waals surface area contributed by atoms with Crippen molar-refractivity contribution in [2.24, 2.45) is 5.41 Å². The molecular formula is C12H25N. The zero-order valence-corrected chi connectivity index (χ0v) is 9.69. The van der Waals surface area contributed by atoms with E-state index in [1.807, 2.05) is 0 Å². The minimum Gasteiger partial charge on any atom is -0.311 e. The number of hydrogen-bond donors (Lipinski definition) is 1. The van der Waals surface area contributed by atoms with Gasteiger partial charge in [-0.05, 0) is 37.5 Å². The fraction of sp³-hybridized carbons (Fsp3) is 1.00. The van der Waals surface area contributed by atoms with Gasteiger partial charge < -0.3 is 5.32 Å². The largest absolute Gasteiger partial charge is 0.311 e. The molecule has 1 unspecified atom stereocenters.